The van der Waals surface area contributed by atoms with Gasteiger partial charge in [0.2, 0.25) is 0 Å². The van der Waals surface area contributed by atoms with Crippen molar-refractivity contribution in [2.24, 2.45) is 17.8 Å². The van der Waals surface area contributed by atoms with E-state index in [-0.39, 0.29) is 11.4 Å². The third kappa shape index (κ3) is 2.99. The number of benzene rings is 1. The Labute approximate surface area is 176 Å². The molecule has 0 aliphatic heterocycles. The van der Waals surface area contributed by atoms with Crippen molar-refractivity contribution in [2.45, 2.75) is 51.0 Å². The Morgan fingerprint density at radius 2 is 1.80 bits per heavy atom. The molecule has 2 aromatic heterocycles. The van der Waals surface area contributed by atoms with Crippen LogP contribution in [0.3, 0.4) is 0 Å². The lowest BCUT2D eigenvalue weighted by atomic mass is 9.53. The zero-order valence-corrected chi connectivity index (χ0v) is 17.3. The quantitative estimate of drug-likeness (QED) is 0.659. The number of carbonyl (C=O) groups excluding carboxylic acids is 1. The maximum atomic E-state index is 13.4. The second kappa shape index (κ2) is 6.59. The van der Waals surface area contributed by atoms with Crippen molar-refractivity contribution in [2.75, 3.05) is 0 Å². The second-order valence-electron chi connectivity index (χ2n) is 9.77. The highest BCUT2D eigenvalue weighted by atomic mass is 16.5. The van der Waals surface area contributed by atoms with E-state index in [1.807, 2.05) is 60.0 Å². The van der Waals surface area contributed by atoms with Crippen LogP contribution in [0.15, 0.2) is 48.7 Å². The normalized spacial score (nSPS) is 29.3. The molecular formula is C25H27N3O2. The average molecular weight is 402 g/mol. The fourth-order valence-electron chi connectivity index (χ4n) is 6.60. The van der Waals surface area contributed by atoms with Crippen LogP contribution >= 0.6 is 0 Å². The van der Waals surface area contributed by atoms with Crippen molar-refractivity contribution < 1.29 is 9.53 Å². The van der Waals surface area contributed by atoms with Gasteiger partial charge < -0.3 is 10.1 Å². The van der Waals surface area contributed by atoms with Crippen LogP contribution in [0.25, 0.3) is 5.52 Å². The monoisotopic (exact) mass is 401 g/mol. The molecule has 1 N–H and O–H groups in total. The summed E-state index contributed by atoms with van der Waals surface area (Å²) in [6.07, 6.45) is 9.36. The molecule has 4 aliphatic rings. The molecule has 0 radical (unpaired) electrons. The number of nitrogens with one attached hydrogen (secondary N) is 1. The van der Waals surface area contributed by atoms with Gasteiger partial charge in [-0.1, -0.05) is 18.2 Å². The van der Waals surface area contributed by atoms with Gasteiger partial charge in [0.25, 0.3) is 5.91 Å². The number of ether oxygens (including phenoxy) is 1. The van der Waals surface area contributed by atoms with Gasteiger partial charge in [0.15, 0.2) is 5.69 Å². The number of rotatable bonds is 4. The molecule has 5 nitrogen and oxygen atoms in total. The van der Waals surface area contributed by atoms with E-state index in [0.29, 0.717) is 11.7 Å². The van der Waals surface area contributed by atoms with Gasteiger partial charge in [-0.05, 0) is 93.0 Å². The van der Waals surface area contributed by atoms with Crippen LogP contribution < -0.4 is 10.1 Å². The third-order valence-corrected chi connectivity index (χ3v) is 7.35. The summed E-state index contributed by atoms with van der Waals surface area (Å²) in [4.78, 5) is 18.1. The van der Waals surface area contributed by atoms with Gasteiger partial charge >= 0.3 is 6.01 Å². The van der Waals surface area contributed by atoms with Crippen molar-refractivity contribution in [1.82, 2.24) is 14.7 Å². The Hall–Kier alpha value is -2.82. The molecule has 0 spiro atoms. The molecule has 2 heterocycles. The number of aromatic nitrogens is 2. The molecule has 1 aromatic carbocycles. The van der Waals surface area contributed by atoms with Crippen LogP contribution in [0.1, 0.15) is 54.6 Å². The van der Waals surface area contributed by atoms with Crippen molar-refractivity contribution in [3.8, 4) is 11.8 Å². The summed E-state index contributed by atoms with van der Waals surface area (Å²) in [5.74, 6) is 3.01. The Balaban J connectivity index is 1.32. The highest BCUT2D eigenvalue weighted by Crippen LogP contribution is 2.55. The van der Waals surface area contributed by atoms with Gasteiger partial charge in [-0.15, -0.1) is 0 Å². The first-order chi connectivity index (χ1) is 14.6. The smallest absolute Gasteiger partial charge is 0.307 e. The number of fused-ring (bicyclic) bond motifs is 1. The molecule has 4 saturated carbocycles. The first-order valence-corrected chi connectivity index (χ1v) is 11.1. The number of carbonyl (C=O) groups is 1. The number of hydrogen-bond acceptors (Lipinski definition) is 3. The summed E-state index contributed by atoms with van der Waals surface area (Å²) in [6, 6.07) is 14.1. The number of hydrogen-bond donors (Lipinski definition) is 1. The minimum Gasteiger partial charge on any atom is -0.425 e. The maximum Gasteiger partial charge on any atom is 0.307 e. The highest BCUT2D eigenvalue weighted by molar-refractivity contribution is 5.99. The zero-order chi connectivity index (χ0) is 20.3. The number of amides is 1. The summed E-state index contributed by atoms with van der Waals surface area (Å²) < 4.78 is 7.93. The van der Waals surface area contributed by atoms with Gasteiger partial charge in [0.1, 0.15) is 5.75 Å². The van der Waals surface area contributed by atoms with Crippen LogP contribution in [0, 0.1) is 24.7 Å². The van der Waals surface area contributed by atoms with E-state index in [2.05, 4.69) is 10.3 Å². The van der Waals surface area contributed by atoms with Crippen LogP contribution in [0.4, 0.5) is 0 Å². The molecule has 5 heteroatoms. The van der Waals surface area contributed by atoms with Gasteiger partial charge in [0, 0.05) is 11.7 Å². The Morgan fingerprint density at radius 3 is 2.50 bits per heavy atom. The molecule has 4 bridgehead atoms. The van der Waals surface area contributed by atoms with E-state index in [4.69, 9.17) is 4.74 Å². The van der Waals surface area contributed by atoms with Crippen LogP contribution in [0.5, 0.6) is 11.8 Å². The SMILES string of the molecule is Cc1cccc(Oc2nc(C(=O)NC34CC5CC(CC(C5)C3)C4)c3ccccn23)c1. The molecule has 0 atom stereocenters. The lowest BCUT2D eigenvalue weighted by molar-refractivity contribution is -0.0167. The molecule has 30 heavy (non-hydrogen) atoms. The van der Waals surface area contributed by atoms with E-state index < -0.39 is 0 Å². The number of imidazole rings is 1. The van der Waals surface area contributed by atoms with Crippen LogP contribution in [-0.4, -0.2) is 20.8 Å². The second-order valence-corrected chi connectivity index (χ2v) is 9.77. The van der Waals surface area contributed by atoms with Gasteiger partial charge in [-0.2, -0.15) is 4.98 Å². The molecular weight excluding hydrogens is 374 g/mol. The van der Waals surface area contributed by atoms with Crippen molar-refractivity contribution in [3.05, 3.63) is 59.9 Å². The lowest BCUT2D eigenvalue weighted by Crippen LogP contribution is -2.59. The minimum absolute atomic E-state index is 0.0336. The first-order valence-electron chi connectivity index (χ1n) is 11.1. The van der Waals surface area contributed by atoms with E-state index in [9.17, 15) is 4.79 Å². The Bertz CT molecular complexity index is 1100. The summed E-state index contributed by atoms with van der Waals surface area (Å²) >= 11 is 0. The molecule has 4 fully saturated rings. The lowest BCUT2D eigenvalue weighted by Gasteiger charge is -2.56. The first kappa shape index (κ1) is 18.0. The molecule has 1 amide bonds. The summed E-state index contributed by atoms with van der Waals surface area (Å²) in [7, 11) is 0. The van der Waals surface area contributed by atoms with E-state index in [1.54, 1.807) is 0 Å². The third-order valence-electron chi connectivity index (χ3n) is 7.35. The highest BCUT2D eigenvalue weighted by Gasteiger charge is 2.51. The number of nitrogens with zero attached hydrogens (tertiary/aromatic N) is 2. The molecule has 154 valence electrons. The molecule has 7 rings (SSSR count). The van der Waals surface area contributed by atoms with Crippen molar-refractivity contribution in [1.29, 1.82) is 0 Å². The summed E-state index contributed by atoms with van der Waals surface area (Å²) in [5, 5.41) is 3.45. The molecule has 0 saturated heterocycles. The van der Waals surface area contributed by atoms with Gasteiger partial charge in [-0.25, -0.2) is 0 Å². The number of pyridine rings is 1. The topological polar surface area (TPSA) is 55.6 Å². The fourth-order valence-corrected chi connectivity index (χ4v) is 6.60. The fraction of sp³-hybridized carbons (Fsp3) is 0.440. The molecule has 3 aromatic rings. The maximum absolute atomic E-state index is 13.4. The van der Waals surface area contributed by atoms with Crippen LogP contribution in [0.2, 0.25) is 0 Å². The minimum atomic E-state index is -0.0697. The summed E-state index contributed by atoms with van der Waals surface area (Å²) in [5.41, 5.74) is 2.32. The average Bonchev–Trinajstić information content (AvgIpc) is 3.05. The predicted molar refractivity (Wildman–Crippen MR) is 115 cm³/mol. The van der Waals surface area contributed by atoms with Crippen molar-refractivity contribution in [3.63, 3.8) is 0 Å². The van der Waals surface area contributed by atoms with Crippen LogP contribution in [-0.2, 0) is 0 Å². The van der Waals surface area contributed by atoms with E-state index >= 15 is 0 Å². The largest absolute Gasteiger partial charge is 0.425 e. The molecule has 0 unspecified atom stereocenters. The Kier molecular flexibility index (Phi) is 3.95. The van der Waals surface area contributed by atoms with E-state index in [0.717, 1.165) is 53.8 Å². The Morgan fingerprint density at radius 1 is 1.07 bits per heavy atom. The standard InChI is InChI=1S/C25H27N3O2/c1-16-5-4-6-20(9-16)30-24-26-22(21-7-2-3-8-28(21)24)23(29)27-25-13-17-10-18(14-25)12-19(11-17)15-25/h2-9,17-19H,10-15H2,1H3,(H,27,29). The van der Waals surface area contributed by atoms with E-state index in [1.165, 1.54) is 19.3 Å². The van der Waals surface area contributed by atoms with Gasteiger partial charge in [0.05, 0.1) is 5.52 Å². The predicted octanol–water partition coefficient (Wildman–Crippen LogP) is 5.13. The molecule has 4 aliphatic carbocycles. The zero-order valence-electron chi connectivity index (χ0n) is 17.3. The van der Waals surface area contributed by atoms with Crippen molar-refractivity contribution >= 4 is 11.4 Å². The summed E-state index contributed by atoms with van der Waals surface area (Å²) in [6.45, 7) is 2.03. The number of aryl methyl sites for hydroxylation is 1. The van der Waals surface area contributed by atoms with Gasteiger partial charge in [-0.3, -0.25) is 9.20 Å².